The van der Waals surface area contributed by atoms with Crippen molar-refractivity contribution in [1.82, 2.24) is 14.9 Å². The van der Waals surface area contributed by atoms with Crippen molar-refractivity contribution < 1.29 is 17.9 Å². The van der Waals surface area contributed by atoms with Crippen LogP contribution in [0.15, 0.2) is 91.3 Å². The first-order valence-electron chi connectivity index (χ1n) is 11.6. The van der Waals surface area contributed by atoms with Crippen LogP contribution in [0.25, 0.3) is 5.69 Å². The summed E-state index contributed by atoms with van der Waals surface area (Å²) >= 11 is 0. The van der Waals surface area contributed by atoms with Crippen molar-refractivity contribution in [3.05, 3.63) is 108 Å². The molecule has 0 spiro atoms. The Balaban J connectivity index is 1.29. The molecule has 1 aliphatic heterocycles. The summed E-state index contributed by atoms with van der Waals surface area (Å²) in [5.41, 5.74) is 3.00. The molecule has 4 aromatic rings. The van der Waals surface area contributed by atoms with E-state index in [-0.39, 0.29) is 18.2 Å². The van der Waals surface area contributed by atoms with E-state index in [1.807, 2.05) is 48.0 Å². The van der Waals surface area contributed by atoms with Gasteiger partial charge in [-0.05, 0) is 42.3 Å². The molecule has 1 aliphatic rings. The average Bonchev–Trinajstić information content (AvgIpc) is 3.33. The van der Waals surface area contributed by atoms with Crippen LogP contribution in [0.1, 0.15) is 17.0 Å². The van der Waals surface area contributed by atoms with Gasteiger partial charge in [-0.3, -0.25) is 9.10 Å². The SMILES string of the molecule is Cc1nccn1-c1ccc(CNC(=O)[C@H]2CN(S(=O)(=O)Cc3ccccc3)c3ccccc3O2)cc1. The summed E-state index contributed by atoms with van der Waals surface area (Å²) in [5.74, 6) is 0.705. The number of hydrogen-bond acceptors (Lipinski definition) is 5. The highest BCUT2D eigenvalue weighted by atomic mass is 32.2. The number of carbonyl (C=O) groups excluding carboxylic acids is 1. The van der Waals surface area contributed by atoms with Crippen molar-refractivity contribution in [2.45, 2.75) is 25.3 Å². The Hall–Kier alpha value is -4.11. The molecule has 0 unspecified atom stereocenters. The predicted molar refractivity (Wildman–Crippen MR) is 137 cm³/mol. The van der Waals surface area contributed by atoms with Gasteiger partial charge in [-0.2, -0.15) is 0 Å². The Bertz CT molecular complexity index is 1470. The molecular weight excluding hydrogens is 476 g/mol. The summed E-state index contributed by atoms with van der Waals surface area (Å²) < 4.78 is 35.9. The third-order valence-corrected chi connectivity index (χ3v) is 7.78. The fourth-order valence-corrected chi connectivity index (χ4v) is 5.78. The van der Waals surface area contributed by atoms with Gasteiger partial charge in [0.15, 0.2) is 6.10 Å². The molecule has 1 N–H and O–H groups in total. The van der Waals surface area contributed by atoms with Gasteiger partial charge in [0.2, 0.25) is 10.0 Å². The highest BCUT2D eigenvalue weighted by molar-refractivity contribution is 7.92. The summed E-state index contributed by atoms with van der Waals surface area (Å²) in [7, 11) is -3.75. The standard InChI is InChI=1S/C27H26N4O4S/c1-20-28-15-16-30(20)23-13-11-21(12-14-23)17-29-27(32)26-18-31(24-9-5-6-10-25(24)35-26)36(33,34)19-22-7-3-2-4-8-22/h2-16,26H,17-19H2,1H3,(H,29,32)/t26-/m1/s1. The molecule has 36 heavy (non-hydrogen) atoms. The molecule has 0 saturated carbocycles. The number of carbonyl (C=O) groups is 1. The van der Waals surface area contributed by atoms with Crippen LogP contribution in [0.4, 0.5) is 5.69 Å². The van der Waals surface area contributed by atoms with Crippen molar-refractivity contribution in [3.63, 3.8) is 0 Å². The van der Waals surface area contributed by atoms with Crippen LogP contribution in [0.5, 0.6) is 5.75 Å². The Morgan fingerprint density at radius 3 is 2.44 bits per heavy atom. The van der Waals surface area contributed by atoms with Crippen LogP contribution in [0.2, 0.25) is 0 Å². The summed E-state index contributed by atoms with van der Waals surface area (Å²) in [5, 5.41) is 2.88. The number of ether oxygens (including phenoxy) is 1. The number of imidazole rings is 1. The number of sulfonamides is 1. The second-order valence-corrected chi connectivity index (χ2v) is 10.5. The Morgan fingerprint density at radius 1 is 1.00 bits per heavy atom. The van der Waals surface area contributed by atoms with Crippen LogP contribution in [0.3, 0.4) is 0 Å². The average molecular weight is 503 g/mol. The number of anilines is 1. The number of aryl methyl sites for hydroxylation is 1. The number of fused-ring (bicyclic) bond motifs is 1. The van der Waals surface area contributed by atoms with Gasteiger partial charge in [0.1, 0.15) is 11.6 Å². The van der Waals surface area contributed by atoms with Gasteiger partial charge >= 0.3 is 0 Å². The van der Waals surface area contributed by atoms with E-state index in [0.29, 0.717) is 23.5 Å². The normalized spacial score (nSPS) is 15.1. The molecule has 2 heterocycles. The number of hydrogen-bond donors (Lipinski definition) is 1. The Labute approximate surface area is 210 Å². The topological polar surface area (TPSA) is 93.5 Å². The van der Waals surface area contributed by atoms with Gasteiger partial charge in [-0.25, -0.2) is 13.4 Å². The molecule has 0 saturated heterocycles. The lowest BCUT2D eigenvalue weighted by atomic mass is 10.2. The maximum Gasteiger partial charge on any atom is 0.263 e. The van der Waals surface area contributed by atoms with Crippen LogP contribution < -0.4 is 14.4 Å². The lowest BCUT2D eigenvalue weighted by molar-refractivity contribution is -0.127. The van der Waals surface area contributed by atoms with Crippen LogP contribution in [0, 0.1) is 6.92 Å². The molecule has 0 radical (unpaired) electrons. The second-order valence-electron chi connectivity index (χ2n) is 8.58. The lowest BCUT2D eigenvalue weighted by Crippen LogP contribution is -2.50. The summed E-state index contributed by atoms with van der Waals surface area (Å²) in [6.45, 7) is 2.12. The van der Waals surface area contributed by atoms with Crippen molar-refractivity contribution in [3.8, 4) is 11.4 Å². The van der Waals surface area contributed by atoms with E-state index in [1.165, 1.54) is 4.31 Å². The second kappa shape index (κ2) is 9.87. The van der Waals surface area contributed by atoms with Gasteiger partial charge in [0.05, 0.1) is 18.0 Å². The smallest absolute Gasteiger partial charge is 0.263 e. The number of benzene rings is 3. The van der Waals surface area contributed by atoms with Crippen molar-refractivity contribution in [2.24, 2.45) is 0 Å². The lowest BCUT2D eigenvalue weighted by Gasteiger charge is -2.34. The minimum absolute atomic E-state index is 0.100. The third kappa shape index (κ3) is 4.96. The molecule has 5 rings (SSSR count). The minimum atomic E-state index is -3.75. The molecule has 184 valence electrons. The van der Waals surface area contributed by atoms with E-state index < -0.39 is 16.1 Å². The Kier molecular flexibility index (Phi) is 6.47. The number of nitrogens with zero attached hydrogens (tertiary/aromatic N) is 3. The molecule has 1 atom stereocenters. The fraction of sp³-hybridized carbons (Fsp3) is 0.185. The van der Waals surface area contributed by atoms with E-state index >= 15 is 0 Å². The first-order chi connectivity index (χ1) is 17.4. The monoisotopic (exact) mass is 502 g/mol. The molecule has 1 amide bonds. The van der Waals surface area contributed by atoms with Crippen LogP contribution in [-0.2, 0) is 27.1 Å². The predicted octanol–water partition coefficient (Wildman–Crippen LogP) is 3.59. The number of para-hydroxylation sites is 2. The van der Waals surface area contributed by atoms with E-state index in [0.717, 1.165) is 17.1 Å². The van der Waals surface area contributed by atoms with Gasteiger partial charge in [-0.1, -0.05) is 54.6 Å². The number of rotatable bonds is 7. The summed E-state index contributed by atoms with van der Waals surface area (Å²) in [4.78, 5) is 17.3. The number of amides is 1. The zero-order valence-electron chi connectivity index (χ0n) is 19.7. The number of nitrogens with one attached hydrogen (secondary N) is 1. The van der Waals surface area contributed by atoms with Gasteiger partial charge in [0, 0.05) is 24.6 Å². The van der Waals surface area contributed by atoms with Gasteiger partial charge in [-0.15, -0.1) is 0 Å². The molecule has 0 aliphatic carbocycles. The number of aromatic nitrogens is 2. The highest BCUT2D eigenvalue weighted by Crippen LogP contribution is 2.35. The molecule has 1 aromatic heterocycles. The zero-order chi connectivity index (χ0) is 25.1. The zero-order valence-corrected chi connectivity index (χ0v) is 20.6. The maximum atomic E-state index is 13.4. The van der Waals surface area contributed by atoms with Crippen molar-refractivity contribution in [1.29, 1.82) is 0 Å². The third-order valence-electron chi connectivity index (χ3n) is 6.06. The fourth-order valence-electron chi connectivity index (χ4n) is 4.19. The van der Waals surface area contributed by atoms with Crippen molar-refractivity contribution in [2.75, 3.05) is 10.8 Å². The maximum absolute atomic E-state index is 13.4. The molecular formula is C27H26N4O4S. The first-order valence-corrected chi connectivity index (χ1v) is 13.2. The molecule has 3 aromatic carbocycles. The molecule has 0 fully saturated rings. The summed E-state index contributed by atoms with van der Waals surface area (Å²) in [6.07, 6.45) is 2.66. The van der Waals surface area contributed by atoms with E-state index in [9.17, 15) is 13.2 Å². The van der Waals surface area contributed by atoms with E-state index in [4.69, 9.17) is 4.74 Å². The molecule has 0 bridgehead atoms. The first kappa shape index (κ1) is 23.6. The van der Waals surface area contributed by atoms with Crippen LogP contribution in [-0.4, -0.2) is 36.5 Å². The van der Waals surface area contributed by atoms with Crippen molar-refractivity contribution >= 4 is 21.6 Å². The summed E-state index contributed by atoms with van der Waals surface area (Å²) in [6, 6.07) is 23.6. The minimum Gasteiger partial charge on any atom is -0.476 e. The highest BCUT2D eigenvalue weighted by Gasteiger charge is 2.36. The van der Waals surface area contributed by atoms with Crippen LogP contribution >= 0.6 is 0 Å². The Morgan fingerprint density at radius 2 is 1.72 bits per heavy atom. The van der Waals surface area contributed by atoms with Gasteiger partial charge in [0.25, 0.3) is 5.91 Å². The quantitative estimate of drug-likeness (QED) is 0.417. The molecule has 8 nitrogen and oxygen atoms in total. The van der Waals surface area contributed by atoms with E-state index in [2.05, 4.69) is 10.3 Å². The largest absolute Gasteiger partial charge is 0.476 e. The van der Waals surface area contributed by atoms with E-state index in [1.54, 1.807) is 54.7 Å². The van der Waals surface area contributed by atoms with Gasteiger partial charge < -0.3 is 14.6 Å². The molecule has 9 heteroatoms.